The van der Waals surface area contributed by atoms with E-state index in [2.05, 4.69) is 6.92 Å². The molecule has 0 saturated heterocycles. The number of thiocarbonyl (C=S) groups is 1. The summed E-state index contributed by atoms with van der Waals surface area (Å²) in [6.45, 7) is 2.26. The molecule has 1 aliphatic rings. The van der Waals surface area contributed by atoms with E-state index in [0.29, 0.717) is 16.4 Å². The molecule has 1 saturated carbocycles. The Balaban J connectivity index is 2.33. The van der Waals surface area contributed by atoms with Crippen LogP contribution in [-0.4, -0.2) is 16.7 Å². The molecule has 0 bridgehead atoms. The van der Waals surface area contributed by atoms with Gasteiger partial charge in [-0.1, -0.05) is 25.1 Å². The fraction of sp³-hybridized carbons (Fsp3) is 0.889. The quantitative estimate of drug-likeness (QED) is 0.607. The highest BCUT2D eigenvalue weighted by atomic mass is 32.2. The minimum absolute atomic E-state index is 0.388. The molecule has 1 fully saturated rings. The van der Waals surface area contributed by atoms with Crippen LogP contribution >= 0.6 is 24.0 Å². The molecule has 2 atom stereocenters. The van der Waals surface area contributed by atoms with Crippen LogP contribution in [-0.2, 0) is 4.74 Å². The summed E-state index contributed by atoms with van der Waals surface area (Å²) in [5.74, 6) is 0.684. The summed E-state index contributed by atoms with van der Waals surface area (Å²) in [4.78, 5) is 0. The van der Waals surface area contributed by atoms with Crippen LogP contribution in [0.2, 0.25) is 0 Å². The Morgan fingerprint density at radius 2 is 2.08 bits per heavy atom. The zero-order chi connectivity index (χ0) is 8.97. The first-order valence-corrected chi connectivity index (χ1v) is 6.12. The van der Waals surface area contributed by atoms with Gasteiger partial charge in [0.15, 0.2) is 0 Å². The molecule has 12 heavy (non-hydrogen) atoms. The molecule has 0 radical (unpaired) electrons. The normalized spacial score (nSPS) is 29.8. The Kier molecular flexibility index (Phi) is 4.36. The number of thioether (sulfide) groups is 1. The largest absolute Gasteiger partial charge is 0.475 e. The third-order valence-electron chi connectivity index (χ3n) is 2.45. The average Bonchev–Trinajstić information content (AvgIpc) is 2.09. The van der Waals surface area contributed by atoms with Gasteiger partial charge in [0.1, 0.15) is 6.10 Å². The lowest BCUT2D eigenvalue weighted by atomic mass is 9.88. The molecule has 1 rings (SSSR count). The van der Waals surface area contributed by atoms with E-state index < -0.39 is 0 Å². The summed E-state index contributed by atoms with van der Waals surface area (Å²) < 4.78 is 6.35. The lowest BCUT2D eigenvalue weighted by Gasteiger charge is -2.28. The monoisotopic (exact) mass is 204 g/mol. The summed E-state index contributed by atoms with van der Waals surface area (Å²) in [6, 6.07) is 0. The van der Waals surface area contributed by atoms with Crippen molar-refractivity contribution in [2.24, 2.45) is 5.92 Å². The lowest BCUT2D eigenvalue weighted by Crippen LogP contribution is -2.26. The Morgan fingerprint density at radius 1 is 1.42 bits per heavy atom. The summed E-state index contributed by atoms with van der Waals surface area (Å²) >= 11 is 6.56. The van der Waals surface area contributed by atoms with Crippen LogP contribution in [0.1, 0.15) is 32.6 Å². The summed E-state index contributed by atoms with van der Waals surface area (Å²) in [7, 11) is 0. The molecule has 0 aliphatic heterocycles. The highest BCUT2D eigenvalue weighted by Gasteiger charge is 2.23. The first-order valence-electron chi connectivity index (χ1n) is 4.48. The molecule has 3 heteroatoms. The van der Waals surface area contributed by atoms with Crippen LogP contribution in [0.3, 0.4) is 0 Å². The van der Waals surface area contributed by atoms with Gasteiger partial charge < -0.3 is 4.74 Å². The minimum Gasteiger partial charge on any atom is -0.475 e. The molecule has 1 aliphatic carbocycles. The molecular formula is C9H16OS2. The summed E-state index contributed by atoms with van der Waals surface area (Å²) in [6.07, 6.45) is 7.48. The van der Waals surface area contributed by atoms with Gasteiger partial charge in [-0.15, -0.1) is 0 Å². The van der Waals surface area contributed by atoms with Gasteiger partial charge in [-0.3, -0.25) is 0 Å². The zero-order valence-corrected chi connectivity index (χ0v) is 9.34. The average molecular weight is 204 g/mol. The molecule has 0 aromatic heterocycles. The van der Waals surface area contributed by atoms with Crippen molar-refractivity contribution in [1.82, 2.24) is 0 Å². The predicted molar refractivity (Wildman–Crippen MR) is 58.6 cm³/mol. The van der Waals surface area contributed by atoms with Gasteiger partial charge in [0, 0.05) is 0 Å². The van der Waals surface area contributed by atoms with E-state index in [1.165, 1.54) is 37.4 Å². The molecule has 70 valence electrons. The second kappa shape index (κ2) is 5.07. The lowest BCUT2D eigenvalue weighted by molar-refractivity contribution is 0.0994. The Hall–Kier alpha value is 0.240. The first-order chi connectivity index (χ1) is 5.74. The maximum absolute atomic E-state index is 5.65. The van der Waals surface area contributed by atoms with Crippen LogP contribution in [0, 0.1) is 5.92 Å². The van der Waals surface area contributed by atoms with Crippen LogP contribution in [0.25, 0.3) is 0 Å². The van der Waals surface area contributed by atoms with E-state index in [4.69, 9.17) is 17.0 Å². The molecule has 1 nitrogen and oxygen atoms in total. The maximum atomic E-state index is 5.65. The molecule has 0 aromatic carbocycles. The molecule has 0 spiro atoms. The van der Waals surface area contributed by atoms with Crippen molar-refractivity contribution in [2.75, 3.05) is 6.26 Å². The number of ether oxygens (including phenoxy) is 1. The van der Waals surface area contributed by atoms with E-state index in [0.717, 1.165) is 0 Å². The number of rotatable bonds is 1. The van der Waals surface area contributed by atoms with Gasteiger partial charge in [0.25, 0.3) is 0 Å². The Labute approximate surface area is 84.2 Å². The zero-order valence-electron chi connectivity index (χ0n) is 7.71. The molecule has 0 N–H and O–H groups in total. The third kappa shape index (κ3) is 2.94. The predicted octanol–water partition coefficient (Wildman–Crippen LogP) is 3.23. The molecular weight excluding hydrogens is 188 g/mol. The van der Waals surface area contributed by atoms with E-state index in [1.807, 2.05) is 6.26 Å². The highest BCUT2D eigenvalue weighted by molar-refractivity contribution is 8.22. The van der Waals surface area contributed by atoms with Gasteiger partial charge in [0.05, 0.1) is 0 Å². The Morgan fingerprint density at radius 3 is 2.67 bits per heavy atom. The fourth-order valence-corrected chi connectivity index (χ4v) is 1.97. The summed E-state index contributed by atoms with van der Waals surface area (Å²) in [5, 5.41) is 0. The second-order valence-electron chi connectivity index (χ2n) is 3.37. The van der Waals surface area contributed by atoms with Crippen LogP contribution in [0.5, 0.6) is 0 Å². The van der Waals surface area contributed by atoms with Crippen molar-refractivity contribution < 1.29 is 4.74 Å². The molecule has 0 amide bonds. The second-order valence-corrected chi connectivity index (χ2v) is 4.78. The fourth-order valence-electron chi connectivity index (χ4n) is 1.63. The smallest absolute Gasteiger partial charge is 0.219 e. The maximum Gasteiger partial charge on any atom is 0.219 e. The van der Waals surface area contributed by atoms with Crippen LogP contribution in [0.4, 0.5) is 0 Å². The standard InChI is InChI=1S/C9H16OS2/c1-7-5-3-4-6-8(7)10-9(11)12-2/h7-8H,3-6H2,1-2H3/t7-,8+/m1/s1. The third-order valence-corrected chi connectivity index (χ3v) is 3.47. The number of hydrogen-bond acceptors (Lipinski definition) is 3. The van der Waals surface area contributed by atoms with Crippen LogP contribution in [0.15, 0.2) is 0 Å². The first kappa shape index (κ1) is 10.3. The van der Waals surface area contributed by atoms with Gasteiger partial charge in [-0.25, -0.2) is 0 Å². The van der Waals surface area contributed by atoms with E-state index >= 15 is 0 Å². The molecule has 0 aromatic rings. The number of hydrogen-bond donors (Lipinski definition) is 0. The minimum atomic E-state index is 0.388. The highest BCUT2D eigenvalue weighted by Crippen LogP contribution is 2.27. The van der Waals surface area contributed by atoms with Gasteiger partial charge in [-0.05, 0) is 43.7 Å². The molecule has 0 unspecified atom stereocenters. The van der Waals surface area contributed by atoms with Crippen LogP contribution < -0.4 is 0 Å². The van der Waals surface area contributed by atoms with Crippen molar-refractivity contribution in [3.63, 3.8) is 0 Å². The SMILES string of the molecule is CSC(=S)O[C@H]1CCCC[C@H]1C. The van der Waals surface area contributed by atoms with Crippen molar-refractivity contribution in [3.8, 4) is 0 Å². The van der Waals surface area contributed by atoms with E-state index in [-0.39, 0.29) is 0 Å². The van der Waals surface area contributed by atoms with E-state index in [9.17, 15) is 0 Å². The van der Waals surface area contributed by atoms with Crippen molar-refractivity contribution in [3.05, 3.63) is 0 Å². The van der Waals surface area contributed by atoms with Gasteiger partial charge >= 0.3 is 0 Å². The molecule has 0 heterocycles. The van der Waals surface area contributed by atoms with Gasteiger partial charge in [0.2, 0.25) is 4.38 Å². The van der Waals surface area contributed by atoms with Gasteiger partial charge in [-0.2, -0.15) is 0 Å². The van der Waals surface area contributed by atoms with Crippen molar-refractivity contribution >= 4 is 28.4 Å². The van der Waals surface area contributed by atoms with E-state index in [1.54, 1.807) is 0 Å². The topological polar surface area (TPSA) is 9.23 Å². The van der Waals surface area contributed by atoms with Crippen molar-refractivity contribution in [2.45, 2.75) is 38.7 Å². The Bertz CT molecular complexity index is 159. The van der Waals surface area contributed by atoms with Crippen molar-refractivity contribution in [1.29, 1.82) is 0 Å². The summed E-state index contributed by atoms with van der Waals surface area (Å²) in [5.41, 5.74) is 0.